The van der Waals surface area contributed by atoms with Crippen molar-refractivity contribution in [3.8, 4) is 0 Å². The standard InChI is InChI=1S/C12H10F3N3O2/c1-5(11-17-6(2)20-18-11)16-12(19)9-7(13)3-4-8(14)10(9)15/h3-5H,1-2H3,(H,16,19)/t5-/m0/s1. The van der Waals surface area contributed by atoms with Crippen LogP contribution in [0.2, 0.25) is 0 Å². The number of nitrogens with one attached hydrogen (secondary N) is 1. The third-order valence-electron chi connectivity index (χ3n) is 2.55. The molecule has 0 fully saturated rings. The van der Waals surface area contributed by atoms with Gasteiger partial charge in [-0.2, -0.15) is 4.98 Å². The minimum Gasteiger partial charge on any atom is -0.342 e. The van der Waals surface area contributed by atoms with Gasteiger partial charge in [0.05, 0.1) is 6.04 Å². The van der Waals surface area contributed by atoms with Gasteiger partial charge in [-0.05, 0) is 19.1 Å². The first kappa shape index (κ1) is 14.0. The Labute approximate surface area is 111 Å². The summed E-state index contributed by atoms with van der Waals surface area (Å²) in [6, 6.07) is 0.534. The Morgan fingerprint density at radius 2 is 1.95 bits per heavy atom. The Hall–Kier alpha value is -2.38. The summed E-state index contributed by atoms with van der Waals surface area (Å²) in [4.78, 5) is 15.7. The zero-order chi connectivity index (χ0) is 14.9. The number of aromatic nitrogens is 2. The van der Waals surface area contributed by atoms with Crippen molar-refractivity contribution in [1.29, 1.82) is 0 Å². The average Bonchev–Trinajstić information content (AvgIpc) is 2.81. The van der Waals surface area contributed by atoms with Gasteiger partial charge in [0.15, 0.2) is 17.5 Å². The molecule has 0 radical (unpaired) electrons. The number of carbonyl (C=O) groups is 1. The van der Waals surface area contributed by atoms with Crippen LogP contribution in [0, 0.1) is 24.4 Å². The van der Waals surface area contributed by atoms with Crippen molar-refractivity contribution in [2.45, 2.75) is 19.9 Å². The smallest absolute Gasteiger partial charge is 0.257 e. The molecule has 0 aliphatic carbocycles. The van der Waals surface area contributed by atoms with Crippen molar-refractivity contribution in [2.24, 2.45) is 0 Å². The Balaban J connectivity index is 2.23. The minimum atomic E-state index is -1.54. The molecule has 0 aliphatic rings. The molecule has 20 heavy (non-hydrogen) atoms. The van der Waals surface area contributed by atoms with Crippen LogP contribution in [0.15, 0.2) is 16.7 Å². The Bertz CT molecular complexity index is 657. The molecule has 0 saturated heterocycles. The van der Waals surface area contributed by atoms with E-state index in [9.17, 15) is 18.0 Å². The molecule has 1 heterocycles. The van der Waals surface area contributed by atoms with Crippen LogP contribution in [0.3, 0.4) is 0 Å². The maximum atomic E-state index is 13.4. The lowest BCUT2D eigenvalue weighted by molar-refractivity contribution is 0.0928. The van der Waals surface area contributed by atoms with E-state index in [1.807, 2.05) is 0 Å². The molecular formula is C12H10F3N3O2. The van der Waals surface area contributed by atoms with E-state index in [-0.39, 0.29) is 11.7 Å². The van der Waals surface area contributed by atoms with Gasteiger partial charge in [-0.3, -0.25) is 4.79 Å². The van der Waals surface area contributed by atoms with E-state index in [1.165, 1.54) is 6.92 Å². The third kappa shape index (κ3) is 2.63. The minimum absolute atomic E-state index is 0.146. The highest BCUT2D eigenvalue weighted by Crippen LogP contribution is 2.17. The van der Waals surface area contributed by atoms with E-state index in [0.29, 0.717) is 12.1 Å². The van der Waals surface area contributed by atoms with Crippen LogP contribution in [-0.4, -0.2) is 16.0 Å². The first-order valence-corrected chi connectivity index (χ1v) is 5.64. The number of aryl methyl sites for hydroxylation is 1. The molecule has 8 heteroatoms. The lowest BCUT2D eigenvalue weighted by Gasteiger charge is -2.11. The van der Waals surface area contributed by atoms with Gasteiger partial charge < -0.3 is 9.84 Å². The number of nitrogens with zero attached hydrogens (tertiary/aromatic N) is 2. The molecule has 1 amide bonds. The van der Waals surface area contributed by atoms with E-state index < -0.39 is 35.0 Å². The number of hydrogen-bond acceptors (Lipinski definition) is 4. The third-order valence-corrected chi connectivity index (χ3v) is 2.55. The summed E-state index contributed by atoms with van der Waals surface area (Å²) in [6.07, 6.45) is 0. The summed E-state index contributed by atoms with van der Waals surface area (Å²) in [5.41, 5.74) is -0.989. The van der Waals surface area contributed by atoms with Crippen LogP contribution in [0.5, 0.6) is 0 Å². The highest BCUT2D eigenvalue weighted by molar-refractivity contribution is 5.95. The van der Waals surface area contributed by atoms with Crippen LogP contribution in [-0.2, 0) is 0 Å². The van der Waals surface area contributed by atoms with E-state index in [1.54, 1.807) is 6.92 Å². The molecule has 1 aromatic heterocycles. The monoisotopic (exact) mass is 285 g/mol. The molecule has 0 saturated carbocycles. The number of rotatable bonds is 3. The number of halogens is 3. The summed E-state index contributed by atoms with van der Waals surface area (Å²) in [6.45, 7) is 3.05. The quantitative estimate of drug-likeness (QED) is 0.878. The summed E-state index contributed by atoms with van der Waals surface area (Å²) >= 11 is 0. The number of hydrogen-bond donors (Lipinski definition) is 1. The van der Waals surface area contributed by atoms with Gasteiger partial charge in [-0.15, -0.1) is 0 Å². The van der Waals surface area contributed by atoms with Crippen LogP contribution < -0.4 is 5.32 Å². The zero-order valence-corrected chi connectivity index (χ0v) is 10.6. The van der Waals surface area contributed by atoms with Gasteiger partial charge in [-0.25, -0.2) is 13.2 Å². The first-order valence-electron chi connectivity index (χ1n) is 5.64. The molecule has 0 spiro atoms. The highest BCUT2D eigenvalue weighted by Gasteiger charge is 2.23. The predicted octanol–water partition coefficient (Wildman–Crippen LogP) is 2.29. The zero-order valence-electron chi connectivity index (χ0n) is 10.6. The summed E-state index contributed by atoms with van der Waals surface area (Å²) in [7, 11) is 0. The van der Waals surface area contributed by atoms with Crippen LogP contribution in [0.1, 0.15) is 35.0 Å². The molecule has 1 N–H and O–H groups in total. The molecule has 2 rings (SSSR count). The first-order chi connectivity index (χ1) is 9.40. The van der Waals surface area contributed by atoms with Crippen LogP contribution >= 0.6 is 0 Å². The van der Waals surface area contributed by atoms with Crippen molar-refractivity contribution in [3.05, 3.63) is 46.9 Å². The maximum absolute atomic E-state index is 13.4. The molecular weight excluding hydrogens is 275 g/mol. The molecule has 5 nitrogen and oxygen atoms in total. The summed E-state index contributed by atoms with van der Waals surface area (Å²) in [5, 5.41) is 5.83. The second-order valence-electron chi connectivity index (χ2n) is 4.08. The van der Waals surface area contributed by atoms with Gasteiger partial charge in [-0.1, -0.05) is 5.16 Å². The fourth-order valence-electron chi connectivity index (χ4n) is 1.56. The van der Waals surface area contributed by atoms with Crippen LogP contribution in [0.4, 0.5) is 13.2 Å². The van der Waals surface area contributed by atoms with Gasteiger partial charge in [0.1, 0.15) is 11.4 Å². The Morgan fingerprint density at radius 3 is 2.55 bits per heavy atom. The van der Waals surface area contributed by atoms with E-state index >= 15 is 0 Å². The van der Waals surface area contributed by atoms with E-state index in [4.69, 9.17) is 4.52 Å². The number of carbonyl (C=O) groups excluding carboxylic acids is 1. The van der Waals surface area contributed by atoms with Gasteiger partial charge in [0.2, 0.25) is 5.89 Å². The van der Waals surface area contributed by atoms with Crippen molar-refractivity contribution in [3.63, 3.8) is 0 Å². The lowest BCUT2D eigenvalue weighted by Crippen LogP contribution is -2.29. The number of benzene rings is 1. The predicted molar refractivity (Wildman–Crippen MR) is 61.2 cm³/mol. The Morgan fingerprint density at radius 1 is 1.30 bits per heavy atom. The molecule has 0 aliphatic heterocycles. The molecule has 0 bridgehead atoms. The van der Waals surface area contributed by atoms with Gasteiger partial charge >= 0.3 is 0 Å². The normalized spacial score (nSPS) is 12.2. The molecule has 1 atom stereocenters. The second-order valence-corrected chi connectivity index (χ2v) is 4.08. The van der Waals surface area contributed by atoms with E-state index in [2.05, 4.69) is 15.5 Å². The maximum Gasteiger partial charge on any atom is 0.257 e. The topological polar surface area (TPSA) is 68.0 Å². The molecule has 2 aromatic rings. The average molecular weight is 285 g/mol. The summed E-state index contributed by atoms with van der Waals surface area (Å²) in [5.74, 6) is -4.68. The fourth-order valence-corrected chi connectivity index (χ4v) is 1.56. The molecule has 1 aromatic carbocycles. The highest BCUT2D eigenvalue weighted by atomic mass is 19.2. The van der Waals surface area contributed by atoms with Crippen molar-refractivity contribution in [1.82, 2.24) is 15.5 Å². The second kappa shape index (κ2) is 5.32. The lowest BCUT2D eigenvalue weighted by atomic mass is 10.1. The largest absolute Gasteiger partial charge is 0.342 e. The van der Waals surface area contributed by atoms with Crippen molar-refractivity contribution in [2.75, 3.05) is 0 Å². The van der Waals surface area contributed by atoms with Crippen molar-refractivity contribution < 1.29 is 22.5 Å². The molecule has 106 valence electrons. The number of amides is 1. The SMILES string of the molecule is Cc1nc([C@H](C)NC(=O)c2c(F)ccc(F)c2F)no1. The van der Waals surface area contributed by atoms with Crippen LogP contribution in [0.25, 0.3) is 0 Å². The van der Waals surface area contributed by atoms with Gasteiger partial charge in [0.25, 0.3) is 5.91 Å². The molecule has 0 unspecified atom stereocenters. The van der Waals surface area contributed by atoms with Crippen molar-refractivity contribution >= 4 is 5.91 Å². The Kier molecular flexibility index (Phi) is 3.73. The van der Waals surface area contributed by atoms with E-state index in [0.717, 1.165) is 0 Å². The fraction of sp³-hybridized carbons (Fsp3) is 0.250. The summed E-state index contributed by atoms with van der Waals surface area (Å²) < 4.78 is 44.6. The van der Waals surface area contributed by atoms with Gasteiger partial charge in [0, 0.05) is 6.92 Å².